The summed E-state index contributed by atoms with van der Waals surface area (Å²) in [6, 6.07) is 0.906. The Hall–Kier alpha value is -3.40. The predicted molar refractivity (Wildman–Crippen MR) is 89.3 cm³/mol. The number of nitriles is 1. The van der Waals surface area contributed by atoms with Crippen molar-refractivity contribution in [1.29, 1.82) is 5.26 Å². The molecule has 34 heavy (non-hydrogen) atoms. The number of benzene rings is 2. The van der Waals surface area contributed by atoms with E-state index in [1.54, 1.807) is 0 Å². The summed E-state index contributed by atoms with van der Waals surface area (Å²) < 4.78 is 122. The van der Waals surface area contributed by atoms with Gasteiger partial charge in [0.05, 0.1) is 5.69 Å². The quantitative estimate of drug-likeness (QED) is 0.222. The van der Waals surface area contributed by atoms with Crippen molar-refractivity contribution in [3.8, 4) is 17.6 Å². The van der Waals surface area contributed by atoms with Gasteiger partial charge < -0.3 is 5.11 Å². The van der Waals surface area contributed by atoms with Crippen LogP contribution < -0.4 is 0 Å². The molecule has 0 saturated carbocycles. The van der Waals surface area contributed by atoms with Gasteiger partial charge in [-0.1, -0.05) is 0 Å². The number of aromatic nitrogens is 2. The fraction of sp³-hybridized carbons (Fsp3) is 0.105. The van der Waals surface area contributed by atoms with Crippen LogP contribution in [0.15, 0.2) is 12.1 Å². The predicted octanol–water partition coefficient (Wildman–Crippen LogP) is 4.84. The summed E-state index contributed by atoms with van der Waals surface area (Å²) in [5, 5.41) is 22.2. The zero-order valence-electron chi connectivity index (χ0n) is 16.5. The van der Waals surface area contributed by atoms with E-state index in [4.69, 9.17) is 5.26 Å². The number of halogens is 9. The molecule has 1 aromatic heterocycles. The van der Waals surface area contributed by atoms with Crippen molar-refractivity contribution in [1.82, 2.24) is 9.78 Å². The first-order valence-electron chi connectivity index (χ1n) is 8.38. The minimum atomic E-state index is -5.43. The first-order chi connectivity index (χ1) is 15.2. The van der Waals surface area contributed by atoms with Crippen LogP contribution in [-0.2, 0) is 25.7 Å². The summed E-state index contributed by atoms with van der Waals surface area (Å²) >= 11 is 0. The molecule has 0 unspecified atom stereocenters. The van der Waals surface area contributed by atoms with Gasteiger partial charge in [0, 0.05) is 25.0 Å². The summed E-state index contributed by atoms with van der Waals surface area (Å²) in [5.74, 6) is -15.9. The van der Waals surface area contributed by atoms with E-state index in [2.05, 4.69) is 5.10 Å². The van der Waals surface area contributed by atoms with Crippen molar-refractivity contribution in [3.05, 3.63) is 75.0 Å². The van der Waals surface area contributed by atoms with E-state index < -0.39 is 86.4 Å². The van der Waals surface area contributed by atoms with Crippen LogP contribution in [0, 0.1) is 53.2 Å². The van der Waals surface area contributed by atoms with Crippen molar-refractivity contribution < 1.29 is 68.9 Å². The average Bonchev–Trinajstić information content (AvgIpc) is 2.98. The molecule has 1 N–H and O–H groups in total. The largest absolute Gasteiger partial charge is 0.493 e. The minimum Gasteiger partial charge on any atom is -0.493 e. The van der Waals surface area contributed by atoms with Crippen LogP contribution in [0.5, 0.6) is 5.88 Å². The number of carbonyl (C=O) groups excluding carboxylic acids is 1. The molecule has 3 aromatic rings. The van der Waals surface area contributed by atoms with Crippen LogP contribution in [0.1, 0.15) is 32.7 Å². The van der Waals surface area contributed by atoms with Gasteiger partial charge in [0.15, 0.2) is 23.3 Å². The van der Waals surface area contributed by atoms with E-state index in [-0.39, 0.29) is 36.3 Å². The molecule has 0 amide bonds. The maximum absolute atomic E-state index is 14.3. The molecule has 174 valence electrons. The third-order valence-electron chi connectivity index (χ3n) is 4.41. The molecule has 2 aromatic carbocycles. The first kappa shape index (κ1) is 26.9. The third kappa shape index (κ3) is 4.13. The van der Waals surface area contributed by atoms with E-state index >= 15 is 0 Å². The van der Waals surface area contributed by atoms with Crippen molar-refractivity contribution in [2.24, 2.45) is 0 Å². The van der Waals surface area contributed by atoms with Crippen molar-refractivity contribution >= 4 is 5.78 Å². The number of aromatic hydroxyl groups is 1. The number of hydrogen-bond acceptors (Lipinski definition) is 4. The maximum atomic E-state index is 14.3. The van der Waals surface area contributed by atoms with Gasteiger partial charge in [-0.2, -0.15) is 28.2 Å². The van der Waals surface area contributed by atoms with Crippen molar-refractivity contribution in [2.75, 3.05) is 0 Å². The molecule has 0 aliphatic heterocycles. The molecule has 0 radical (unpaired) electrons. The van der Waals surface area contributed by atoms with Crippen molar-refractivity contribution in [3.63, 3.8) is 0 Å². The fourth-order valence-corrected chi connectivity index (χ4v) is 2.96. The second-order valence-corrected chi connectivity index (χ2v) is 6.43. The molecule has 0 fully saturated rings. The number of aryl methyl sites for hydroxylation is 1. The summed E-state index contributed by atoms with van der Waals surface area (Å²) in [6.45, 7) is 0.937. The SMILES string of the molecule is Cc1nn(-c2c(F)c(F)c(C#N)c(F)c2F)c(O)c1C(=O)c1cc(F)c(C(F)(F)F)c(F)c1.[Zn]. The van der Waals surface area contributed by atoms with E-state index in [0.29, 0.717) is 0 Å². The minimum absolute atomic E-state index is 0. The van der Waals surface area contributed by atoms with Crippen LogP contribution in [0.2, 0.25) is 0 Å². The second-order valence-electron chi connectivity index (χ2n) is 6.43. The van der Waals surface area contributed by atoms with Crippen LogP contribution in [0.25, 0.3) is 5.69 Å². The Bertz CT molecular complexity index is 1330. The zero-order valence-corrected chi connectivity index (χ0v) is 19.4. The fourth-order valence-electron chi connectivity index (χ4n) is 2.96. The summed E-state index contributed by atoms with van der Waals surface area (Å²) in [6.07, 6.45) is -5.43. The van der Waals surface area contributed by atoms with Crippen LogP contribution >= 0.6 is 0 Å². The van der Waals surface area contributed by atoms with Gasteiger partial charge in [-0.15, -0.1) is 0 Å². The number of rotatable bonds is 3. The normalized spacial score (nSPS) is 11.2. The standard InChI is InChI=1S/C19H6F9N3O2.Zn/c1-5-10(17(32)6-2-8(20)11(9(21)3-6)19(26,27)28)18(33)31(30-5)16-14(24)12(22)7(4-29)13(23)15(16)25;/h2-3,33H,1H3;. The monoisotopic (exact) mass is 543 g/mol. The first-order valence-corrected chi connectivity index (χ1v) is 8.38. The van der Waals surface area contributed by atoms with Crippen molar-refractivity contribution in [2.45, 2.75) is 13.1 Å². The topological polar surface area (TPSA) is 78.9 Å². The van der Waals surface area contributed by atoms with E-state index in [1.165, 1.54) is 0 Å². The van der Waals surface area contributed by atoms with Gasteiger partial charge in [-0.25, -0.2) is 26.3 Å². The Morgan fingerprint density at radius 3 is 1.88 bits per heavy atom. The average molecular weight is 545 g/mol. The molecule has 0 aliphatic carbocycles. The van der Waals surface area contributed by atoms with Gasteiger partial charge >= 0.3 is 6.18 Å². The number of nitrogens with zero attached hydrogens (tertiary/aromatic N) is 3. The smallest absolute Gasteiger partial charge is 0.422 e. The number of hydrogen-bond donors (Lipinski definition) is 1. The molecule has 0 atom stereocenters. The molecular weight excluding hydrogens is 539 g/mol. The molecule has 0 saturated heterocycles. The third-order valence-corrected chi connectivity index (χ3v) is 4.41. The van der Waals surface area contributed by atoms with E-state index in [9.17, 15) is 49.4 Å². The van der Waals surface area contributed by atoms with E-state index in [1.807, 2.05) is 0 Å². The number of ketones is 1. The Balaban J connectivity index is 0.00000408. The number of carbonyl (C=O) groups is 1. The van der Waals surface area contributed by atoms with Gasteiger partial charge in [-0.05, 0) is 19.1 Å². The molecule has 0 bridgehead atoms. The molecule has 3 rings (SSSR count). The Kier molecular flexibility index (Phi) is 7.18. The van der Waals surface area contributed by atoms with Crippen LogP contribution in [-0.4, -0.2) is 20.7 Å². The molecular formula is C19H6F9N3O2Zn. The van der Waals surface area contributed by atoms with E-state index in [0.717, 1.165) is 13.0 Å². The molecule has 1 heterocycles. The number of alkyl halides is 3. The summed E-state index contributed by atoms with van der Waals surface area (Å²) in [7, 11) is 0. The molecule has 0 spiro atoms. The summed E-state index contributed by atoms with van der Waals surface area (Å²) in [4.78, 5) is 12.6. The summed E-state index contributed by atoms with van der Waals surface area (Å²) in [5.41, 5.74) is -8.20. The molecule has 5 nitrogen and oxygen atoms in total. The van der Waals surface area contributed by atoms with Gasteiger partial charge in [0.2, 0.25) is 11.7 Å². The second kappa shape index (κ2) is 9.10. The van der Waals surface area contributed by atoms with Crippen LogP contribution in [0.3, 0.4) is 0 Å². The Morgan fingerprint density at radius 2 is 1.47 bits per heavy atom. The van der Waals surface area contributed by atoms with Crippen LogP contribution in [0.4, 0.5) is 39.5 Å². The maximum Gasteiger partial charge on any atom is 0.422 e. The zero-order chi connectivity index (χ0) is 25.0. The van der Waals surface area contributed by atoms with Gasteiger partial charge in [0.25, 0.3) is 0 Å². The molecule has 15 heteroatoms. The Morgan fingerprint density at radius 1 is 1.00 bits per heavy atom. The molecule has 0 aliphatic rings. The Labute approximate surface area is 195 Å². The van der Waals surface area contributed by atoms with Gasteiger partial charge in [0.1, 0.15) is 40.1 Å². The van der Waals surface area contributed by atoms with Gasteiger partial charge in [-0.3, -0.25) is 4.79 Å².